The first-order valence-electron chi connectivity index (χ1n) is 8.59. The van der Waals surface area contributed by atoms with Crippen LogP contribution >= 0.6 is 0 Å². The third kappa shape index (κ3) is 4.54. The summed E-state index contributed by atoms with van der Waals surface area (Å²) >= 11 is 0. The molecule has 28 heavy (non-hydrogen) atoms. The number of carbonyl (C=O) groups is 1. The zero-order valence-electron chi connectivity index (χ0n) is 15.3. The number of alkyl halides is 3. The molecule has 1 amide bonds. The summed E-state index contributed by atoms with van der Waals surface area (Å²) in [4.78, 5) is 20.8. The lowest BCUT2D eigenvalue weighted by molar-refractivity contribution is -0.137. The Morgan fingerprint density at radius 1 is 1.00 bits per heavy atom. The van der Waals surface area contributed by atoms with Crippen LogP contribution in [-0.2, 0) is 12.7 Å². The standard InChI is InChI=1S/C21H18F3N3O/c1-13-3-5-15(6-4-13)11-26-20(28)18-12-25-19(27-14(18)2)16-7-9-17(10-8-16)21(22,23)24/h3-10,12H,11H2,1-2H3,(H,26,28). The Kier molecular flexibility index (Phi) is 5.44. The molecule has 0 aliphatic rings. The van der Waals surface area contributed by atoms with Gasteiger partial charge in [0.25, 0.3) is 5.91 Å². The normalized spacial score (nSPS) is 11.3. The van der Waals surface area contributed by atoms with Crippen molar-refractivity contribution in [2.75, 3.05) is 0 Å². The van der Waals surface area contributed by atoms with E-state index in [1.807, 2.05) is 31.2 Å². The lowest BCUT2D eigenvalue weighted by atomic mass is 10.1. The van der Waals surface area contributed by atoms with E-state index >= 15 is 0 Å². The van der Waals surface area contributed by atoms with Crippen LogP contribution in [0.1, 0.15) is 32.7 Å². The Morgan fingerprint density at radius 3 is 2.21 bits per heavy atom. The van der Waals surface area contributed by atoms with Gasteiger partial charge < -0.3 is 5.32 Å². The SMILES string of the molecule is Cc1ccc(CNC(=O)c2cnc(-c3ccc(C(F)(F)F)cc3)nc2C)cc1. The summed E-state index contributed by atoms with van der Waals surface area (Å²) in [6.07, 6.45) is -3.01. The minimum absolute atomic E-state index is 0.265. The van der Waals surface area contributed by atoms with Gasteiger partial charge in [0.15, 0.2) is 5.82 Å². The summed E-state index contributed by atoms with van der Waals surface area (Å²) in [5.74, 6) is -0.0432. The number of rotatable bonds is 4. The average molecular weight is 385 g/mol. The molecule has 0 unspecified atom stereocenters. The lowest BCUT2D eigenvalue weighted by Gasteiger charge is -2.10. The molecule has 2 aromatic carbocycles. The van der Waals surface area contributed by atoms with Gasteiger partial charge in [-0.15, -0.1) is 0 Å². The fraction of sp³-hybridized carbons (Fsp3) is 0.190. The molecule has 0 aliphatic carbocycles. The molecule has 0 fully saturated rings. The van der Waals surface area contributed by atoms with Gasteiger partial charge in [0.1, 0.15) is 0 Å². The molecule has 3 rings (SSSR count). The molecular formula is C21H18F3N3O. The molecule has 0 saturated carbocycles. The monoisotopic (exact) mass is 385 g/mol. The van der Waals surface area contributed by atoms with Gasteiger partial charge in [-0.25, -0.2) is 9.97 Å². The molecule has 0 atom stereocenters. The summed E-state index contributed by atoms with van der Waals surface area (Å²) in [5.41, 5.74) is 2.59. The van der Waals surface area contributed by atoms with Crippen molar-refractivity contribution < 1.29 is 18.0 Å². The third-order valence-corrected chi connectivity index (χ3v) is 4.27. The van der Waals surface area contributed by atoms with E-state index in [2.05, 4.69) is 15.3 Å². The smallest absolute Gasteiger partial charge is 0.348 e. The van der Waals surface area contributed by atoms with E-state index in [-0.39, 0.29) is 11.7 Å². The number of benzene rings is 2. The number of amides is 1. The summed E-state index contributed by atoms with van der Waals surface area (Å²) in [7, 11) is 0. The quantitative estimate of drug-likeness (QED) is 0.708. The van der Waals surface area contributed by atoms with Crippen LogP contribution in [0.25, 0.3) is 11.4 Å². The zero-order valence-corrected chi connectivity index (χ0v) is 15.3. The van der Waals surface area contributed by atoms with Gasteiger partial charge in [0.05, 0.1) is 16.8 Å². The van der Waals surface area contributed by atoms with Crippen LogP contribution in [0.5, 0.6) is 0 Å². The van der Waals surface area contributed by atoms with Gasteiger partial charge in [-0.2, -0.15) is 13.2 Å². The van der Waals surface area contributed by atoms with E-state index in [0.29, 0.717) is 23.4 Å². The lowest BCUT2D eigenvalue weighted by Crippen LogP contribution is -2.24. The molecule has 1 N–H and O–H groups in total. The molecule has 7 heteroatoms. The van der Waals surface area contributed by atoms with E-state index < -0.39 is 11.7 Å². The fourth-order valence-corrected chi connectivity index (χ4v) is 2.62. The molecule has 144 valence electrons. The Bertz CT molecular complexity index is 981. The largest absolute Gasteiger partial charge is 0.416 e. The Hall–Kier alpha value is -3.22. The van der Waals surface area contributed by atoms with Crippen LogP contribution in [0, 0.1) is 13.8 Å². The molecule has 3 aromatic rings. The molecule has 0 radical (unpaired) electrons. The van der Waals surface area contributed by atoms with E-state index in [4.69, 9.17) is 0 Å². The molecule has 0 spiro atoms. The van der Waals surface area contributed by atoms with Crippen LogP contribution in [0.4, 0.5) is 13.2 Å². The van der Waals surface area contributed by atoms with Gasteiger partial charge >= 0.3 is 6.18 Å². The predicted molar refractivity (Wildman–Crippen MR) is 99.6 cm³/mol. The van der Waals surface area contributed by atoms with Gasteiger partial charge in [0, 0.05) is 18.3 Å². The number of halogens is 3. The molecule has 1 aromatic heterocycles. The summed E-state index contributed by atoms with van der Waals surface area (Å²) < 4.78 is 38.0. The van der Waals surface area contributed by atoms with Crippen molar-refractivity contribution in [2.24, 2.45) is 0 Å². The van der Waals surface area contributed by atoms with E-state index in [1.54, 1.807) is 6.92 Å². The molecule has 1 heterocycles. The molecule has 0 bridgehead atoms. The van der Waals surface area contributed by atoms with Gasteiger partial charge in [-0.1, -0.05) is 42.0 Å². The van der Waals surface area contributed by atoms with E-state index in [0.717, 1.165) is 23.3 Å². The van der Waals surface area contributed by atoms with Crippen molar-refractivity contribution in [3.63, 3.8) is 0 Å². The Labute approximate surface area is 160 Å². The number of carbonyl (C=O) groups excluding carboxylic acids is 1. The summed E-state index contributed by atoms with van der Waals surface area (Å²) in [5, 5.41) is 2.81. The highest BCUT2D eigenvalue weighted by atomic mass is 19.4. The first kappa shape index (κ1) is 19.5. The van der Waals surface area contributed by atoms with Crippen LogP contribution in [0.2, 0.25) is 0 Å². The second-order valence-corrected chi connectivity index (χ2v) is 6.44. The average Bonchev–Trinajstić information content (AvgIpc) is 2.66. The number of hydrogen-bond acceptors (Lipinski definition) is 3. The Balaban J connectivity index is 1.72. The minimum atomic E-state index is -4.39. The second kappa shape index (κ2) is 7.80. The first-order valence-corrected chi connectivity index (χ1v) is 8.59. The summed E-state index contributed by atoms with van der Waals surface area (Å²) in [6.45, 7) is 4.02. The van der Waals surface area contributed by atoms with Crippen molar-refractivity contribution in [3.8, 4) is 11.4 Å². The maximum Gasteiger partial charge on any atom is 0.416 e. The number of aromatic nitrogens is 2. The molecule has 4 nitrogen and oxygen atoms in total. The maximum atomic E-state index is 12.7. The molecule has 0 saturated heterocycles. The van der Waals surface area contributed by atoms with Crippen molar-refractivity contribution in [1.29, 1.82) is 0 Å². The highest BCUT2D eigenvalue weighted by Gasteiger charge is 2.30. The van der Waals surface area contributed by atoms with Gasteiger partial charge in [0.2, 0.25) is 0 Å². The summed E-state index contributed by atoms with van der Waals surface area (Å²) in [6, 6.07) is 12.4. The predicted octanol–water partition coefficient (Wildman–Crippen LogP) is 4.71. The fourth-order valence-electron chi connectivity index (χ4n) is 2.62. The van der Waals surface area contributed by atoms with E-state index in [1.165, 1.54) is 18.3 Å². The van der Waals surface area contributed by atoms with Crippen molar-refractivity contribution in [2.45, 2.75) is 26.6 Å². The van der Waals surface area contributed by atoms with Crippen LogP contribution < -0.4 is 5.32 Å². The highest BCUT2D eigenvalue weighted by molar-refractivity contribution is 5.95. The van der Waals surface area contributed by atoms with Gasteiger partial charge in [-0.05, 0) is 31.5 Å². The Morgan fingerprint density at radius 2 is 1.64 bits per heavy atom. The molecule has 0 aliphatic heterocycles. The van der Waals surface area contributed by atoms with E-state index in [9.17, 15) is 18.0 Å². The maximum absolute atomic E-state index is 12.7. The second-order valence-electron chi connectivity index (χ2n) is 6.44. The van der Waals surface area contributed by atoms with Gasteiger partial charge in [-0.3, -0.25) is 4.79 Å². The van der Waals surface area contributed by atoms with Crippen LogP contribution in [0.15, 0.2) is 54.7 Å². The number of aryl methyl sites for hydroxylation is 2. The third-order valence-electron chi connectivity index (χ3n) is 4.27. The number of hydrogen-bond donors (Lipinski definition) is 1. The minimum Gasteiger partial charge on any atom is -0.348 e. The number of nitrogens with one attached hydrogen (secondary N) is 1. The van der Waals surface area contributed by atoms with Crippen LogP contribution in [-0.4, -0.2) is 15.9 Å². The van der Waals surface area contributed by atoms with Crippen molar-refractivity contribution >= 4 is 5.91 Å². The first-order chi connectivity index (χ1) is 13.2. The highest BCUT2D eigenvalue weighted by Crippen LogP contribution is 2.30. The van der Waals surface area contributed by atoms with Crippen molar-refractivity contribution in [3.05, 3.63) is 82.7 Å². The number of nitrogens with zero attached hydrogens (tertiary/aromatic N) is 2. The van der Waals surface area contributed by atoms with Crippen LogP contribution in [0.3, 0.4) is 0 Å². The topological polar surface area (TPSA) is 54.9 Å². The molecular weight excluding hydrogens is 367 g/mol. The van der Waals surface area contributed by atoms with Crippen molar-refractivity contribution in [1.82, 2.24) is 15.3 Å². The zero-order chi connectivity index (χ0) is 20.3.